The summed E-state index contributed by atoms with van der Waals surface area (Å²) in [7, 11) is 0. The highest BCUT2D eigenvalue weighted by molar-refractivity contribution is 5.74. The third kappa shape index (κ3) is 5.67. The van der Waals surface area contributed by atoms with Crippen molar-refractivity contribution in [2.45, 2.75) is 26.9 Å². The highest BCUT2D eigenvalue weighted by atomic mass is 14.9. The first kappa shape index (κ1) is 21.5. The Balaban J connectivity index is 1.40. The van der Waals surface area contributed by atoms with Crippen LogP contribution in [0.15, 0.2) is 97.6 Å². The SMILES string of the molecule is CC[n+]1ccc(/C=C/c2ccc(-c3ccc(/C=C/c4cc[n+](CC)cc4)cc3)cc2)cc1. The van der Waals surface area contributed by atoms with Crippen molar-refractivity contribution in [3.8, 4) is 11.1 Å². The van der Waals surface area contributed by atoms with E-state index in [0.717, 1.165) is 13.1 Å². The molecule has 0 spiro atoms. The number of aryl methyl sites for hydroxylation is 2. The molecule has 2 heterocycles. The summed E-state index contributed by atoms with van der Waals surface area (Å²) in [6, 6.07) is 26.0. The second kappa shape index (κ2) is 10.5. The van der Waals surface area contributed by atoms with Crippen molar-refractivity contribution in [3.63, 3.8) is 0 Å². The monoisotopic (exact) mass is 418 g/mol. The molecule has 0 fully saturated rings. The average Bonchev–Trinajstić information content (AvgIpc) is 2.87. The molecule has 2 aromatic heterocycles. The molecule has 158 valence electrons. The summed E-state index contributed by atoms with van der Waals surface area (Å²) in [5.74, 6) is 0. The molecule has 4 rings (SSSR count). The van der Waals surface area contributed by atoms with E-state index in [1.54, 1.807) is 0 Å². The number of nitrogens with zero attached hydrogens (tertiary/aromatic N) is 2. The lowest BCUT2D eigenvalue weighted by atomic mass is 10.0. The lowest BCUT2D eigenvalue weighted by Gasteiger charge is -2.03. The molecule has 0 atom stereocenters. The van der Waals surface area contributed by atoms with Crippen LogP contribution < -0.4 is 9.13 Å². The summed E-state index contributed by atoms with van der Waals surface area (Å²) in [5.41, 5.74) is 7.28. The fraction of sp³-hybridized carbons (Fsp3) is 0.133. The Bertz CT molecular complexity index is 1080. The molecule has 0 aliphatic carbocycles. The first-order valence-corrected chi connectivity index (χ1v) is 11.3. The van der Waals surface area contributed by atoms with Gasteiger partial charge in [0, 0.05) is 24.3 Å². The maximum Gasteiger partial charge on any atom is 0.169 e. The molecule has 0 bridgehead atoms. The second-order valence-electron chi connectivity index (χ2n) is 7.83. The maximum absolute atomic E-state index is 2.19. The topological polar surface area (TPSA) is 7.76 Å². The Morgan fingerprint density at radius 1 is 0.438 bits per heavy atom. The van der Waals surface area contributed by atoms with Gasteiger partial charge in [0.1, 0.15) is 13.1 Å². The van der Waals surface area contributed by atoms with E-state index in [4.69, 9.17) is 0 Å². The van der Waals surface area contributed by atoms with Gasteiger partial charge in [0.15, 0.2) is 24.8 Å². The molecule has 32 heavy (non-hydrogen) atoms. The normalized spacial score (nSPS) is 11.4. The predicted molar refractivity (Wildman–Crippen MR) is 134 cm³/mol. The van der Waals surface area contributed by atoms with Crippen molar-refractivity contribution < 1.29 is 9.13 Å². The third-order valence-electron chi connectivity index (χ3n) is 5.66. The Hall–Kier alpha value is -3.78. The van der Waals surface area contributed by atoms with Crippen LogP contribution in [0.2, 0.25) is 0 Å². The second-order valence-corrected chi connectivity index (χ2v) is 7.83. The summed E-state index contributed by atoms with van der Waals surface area (Å²) in [4.78, 5) is 0. The smallest absolute Gasteiger partial charge is 0.169 e. The van der Waals surface area contributed by atoms with E-state index in [9.17, 15) is 0 Å². The molecular formula is C30H30N2+2. The molecule has 0 unspecified atom stereocenters. The molecule has 0 saturated heterocycles. The van der Waals surface area contributed by atoms with E-state index in [1.807, 2.05) is 0 Å². The molecule has 2 heteroatoms. The standard InChI is InChI=1S/C30H30N2/c1-3-31-21-17-27(18-22-31)7-5-25-9-13-29(14-10-25)30-15-11-26(12-16-30)6-8-28-19-23-32(4-2)24-20-28/h5-24H,3-4H2,1-2H3/q+2/b7-5+,8-6+. The van der Waals surface area contributed by atoms with Crippen LogP contribution in [0.1, 0.15) is 36.1 Å². The maximum atomic E-state index is 2.19. The number of hydrogen-bond acceptors (Lipinski definition) is 0. The molecular weight excluding hydrogens is 388 g/mol. The van der Waals surface area contributed by atoms with E-state index < -0.39 is 0 Å². The number of hydrogen-bond donors (Lipinski definition) is 0. The molecule has 2 nitrogen and oxygen atoms in total. The molecule has 4 aromatic rings. The highest BCUT2D eigenvalue weighted by Gasteiger charge is 1.99. The van der Waals surface area contributed by atoms with Gasteiger partial charge in [-0.25, -0.2) is 9.13 Å². The van der Waals surface area contributed by atoms with E-state index in [2.05, 4.69) is 145 Å². The molecule has 0 aliphatic heterocycles. The largest absolute Gasteiger partial charge is 0.205 e. The molecule has 0 radical (unpaired) electrons. The summed E-state index contributed by atoms with van der Waals surface area (Å²) in [6.07, 6.45) is 17.1. The van der Waals surface area contributed by atoms with Crippen LogP contribution in [0, 0.1) is 0 Å². The first-order chi connectivity index (χ1) is 15.7. The number of benzene rings is 2. The zero-order chi connectivity index (χ0) is 22.2. The summed E-state index contributed by atoms with van der Waals surface area (Å²) >= 11 is 0. The van der Waals surface area contributed by atoms with Gasteiger partial charge in [0.05, 0.1) is 0 Å². The summed E-state index contributed by atoms with van der Waals surface area (Å²) < 4.78 is 4.33. The van der Waals surface area contributed by atoms with Crippen LogP contribution in [0.4, 0.5) is 0 Å². The summed E-state index contributed by atoms with van der Waals surface area (Å²) in [6.45, 7) is 6.28. The number of aromatic nitrogens is 2. The Morgan fingerprint density at radius 3 is 1.00 bits per heavy atom. The third-order valence-corrected chi connectivity index (χ3v) is 5.66. The van der Waals surface area contributed by atoms with E-state index in [-0.39, 0.29) is 0 Å². The van der Waals surface area contributed by atoms with Crippen molar-refractivity contribution in [3.05, 3.63) is 120 Å². The van der Waals surface area contributed by atoms with Gasteiger partial charge in [-0.1, -0.05) is 72.8 Å². The van der Waals surface area contributed by atoms with Crippen LogP contribution in [-0.4, -0.2) is 0 Å². The van der Waals surface area contributed by atoms with Crippen LogP contribution in [0.25, 0.3) is 35.4 Å². The van der Waals surface area contributed by atoms with Gasteiger partial charge in [-0.3, -0.25) is 0 Å². The van der Waals surface area contributed by atoms with Crippen LogP contribution in [-0.2, 0) is 13.1 Å². The molecule has 2 aromatic carbocycles. The van der Waals surface area contributed by atoms with Crippen molar-refractivity contribution in [2.24, 2.45) is 0 Å². The van der Waals surface area contributed by atoms with E-state index in [1.165, 1.54) is 33.4 Å². The lowest BCUT2D eigenvalue weighted by Crippen LogP contribution is -2.30. The van der Waals surface area contributed by atoms with Gasteiger partial charge in [0.2, 0.25) is 0 Å². The predicted octanol–water partition coefficient (Wildman–Crippen LogP) is 6.31. The minimum Gasteiger partial charge on any atom is -0.205 e. The Morgan fingerprint density at radius 2 is 0.719 bits per heavy atom. The zero-order valence-electron chi connectivity index (χ0n) is 18.9. The van der Waals surface area contributed by atoms with Gasteiger partial charge in [-0.2, -0.15) is 0 Å². The van der Waals surface area contributed by atoms with Crippen molar-refractivity contribution in [2.75, 3.05) is 0 Å². The van der Waals surface area contributed by atoms with Crippen molar-refractivity contribution >= 4 is 24.3 Å². The van der Waals surface area contributed by atoms with Gasteiger partial charge < -0.3 is 0 Å². The van der Waals surface area contributed by atoms with Gasteiger partial charge in [0.25, 0.3) is 0 Å². The molecule has 0 aliphatic rings. The fourth-order valence-corrected chi connectivity index (χ4v) is 3.54. The zero-order valence-corrected chi connectivity index (χ0v) is 18.9. The quantitative estimate of drug-likeness (QED) is 0.311. The van der Waals surface area contributed by atoms with Crippen LogP contribution in [0.3, 0.4) is 0 Å². The van der Waals surface area contributed by atoms with E-state index in [0.29, 0.717) is 0 Å². The number of rotatable bonds is 7. The van der Waals surface area contributed by atoms with Crippen LogP contribution in [0.5, 0.6) is 0 Å². The molecule has 0 amide bonds. The van der Waals surface area contributed by atoms with Crippen molar-refractivity contribution in [1.82, 2.24) is 0 Å². The number of pyridine rings is 2. The highest BCUT2D eigenvalue weighted by Crippen LogP contribution is 2.22. The molecule has 0 N–H and O–H groups in total. The van der Waals surface area contributed by atoms with Gasteiger partial charge >= 0.3 is 0 Å². The summed E-state index contributed by atoms with van der Waals surface area (Å²) in [5, 5.41) is 0. The average molecular weight is 419 g/mol. The molecule has 0 saturated carbocycles. The van der Waals surface area contributed by atoms with Crippen molar-refractivity contribution in [1.29, 1.82) is 0 Å². The Kier molecular flexibility index (Phi) is 7.04. The minimum absolute atomic E-state index is 0.995. The first-order valence-electron chi connectivity index (χ1n) is 11.3. The minimum atomic E-state index is 0.995. The van der Waals surface area contributed by atoms with E-state index >= 15 is 0 Å². The fourth-order valence-electron chi connectivity index (χ4n) is 3.54. The van der Waals surface area contributed by atoms with Crippen LogP contribution >= 0.6 is 0 Å². The van der Waals surface area contributed by atoms with Gasteiger partial charge in [-0.15, -0.1) is 0 Å². The lowest BCUT2D eigenvalue weighted by molar-refractivity contribution is -0.693. The van der Waals surface area contributed by atoms with Gasteiger partial charge in [-0.05, 0) is 47.2 Å². The Labute approximate surface area is 191 Å².